The number of benzene rings is 4. The lowest BCUT2D eigenvalue weighted by Crippen LogP contribution is -2.17. The maximum absolute atomic E-state index is 14.9. The van der Waals surface area contributed by atoms with E-state index in [0.29, 0.717) is 0 Å². The van der Waals surface area contributed by atoms with Crippen LogP contribution in [-0.2, 0) is 4.57 Å². The molecule has 0 radical (unpaired) electrons. The Balaban J connectivity index is 1.84. The predicted molar refractivity (Wildman–Crippen MR) is 154 cm³/mol. The van der Waals surface area contributed by atoms with Gasteiger partial charge in [-0.25, -0.2) is 0 Å². The van der Waals surface area contributed by atoms with Gasteiger partial charge in [-0.1, -0.05) is 122 Å². The number of allylic oxidation sites excluding steroid dienone is 1. The third-order valence-corrected chi connectivity index (χ3v) is 9.30. The first kappa shape index (κ1) is 25.3. The molecule has 0 aliphatic carbocycles. The zero-order valence-electron chi connectivity index (χ0n) is 20.9. The number of hydrogen-bond acceptors (Lipinski definition) is 1. The molecule has 4 aromatic carbocycles. The Morgan fingerprint density at radius 3 is 1.94 bits per heavy atom. The van der Waals surface area contributed by atoms with Crippen molar-refractivity contribution in [2.45, 2.75) is 33.1 Å². The monoisotopic (exact) mass is 486 g/mol. The summed E-state index contributed by atoms with van der Waals surface area (Å²) in [4.78, 5) is 0. The van der Waals surface area contributed by atoms with E-state index in [1.165, 1.54) is 5.56 Å². The fraction of sp³-hybridized carbons (Fsp3) is 0.147. The second kappa shape index (κ2) is 12.2. The van der Waals surface area contributed by atoms with E-state index >= 15 is 0 Å². The lowest BCUT2D eigenvalue weighted by atomic mass is 10.1. The Kier molecular flexibility index (Phi) is 8.60. The molecule has 1 nitrogen and oxygen atoms in total. The average Bonchev–Trinajstić information content (AvgIpc) is 2.94. The van der Waals surface area contributed by atoms with Crippen LogP contribution in [0.4, 0.5) is 0 Å². The normalized spacial score (nSPS) is 10.6. The standard InChI is InChI=1S/C34H31OP/c1-3-4-15-34(36(35,32-16-7-5-8-17-32)33-18-9-6-10-19-33)27-26-31-14-12-11-13-30(31)25-24-29-22-20-28(2)21-23-29/h5-14,16-23,26H,3-4,15H2,1-2H3. The Bertz CT molecular complexity index is 1420. The van der Waals surface area contributed by atoms with Crippen molar-refractivity contribution in [1.29, 1.82) is 0 Å². The highest BCUT2D eigenvalue weighted by atomic mass is 31.2. The molecule has 4 rings (SSSR count). The van der Waals surface area contributed by atoms with E-state index in [4.69, 9.17) is 0 Å². The SMILES string of the molecule is CCCCC(=C=Cc1ccccc1C#Cc1ccc(C)cc1)P(=O)(c1ccccc1)c1ccccc1. The molecule has 36 heavy (non-hydrogen) atoms. The van der Waals surface area contributed by atoms with Crippen LogP contribution in [0.15, 0.2) is 120 Å². The highest BCUT2D eigenvalue weighted by Crippen LogP contribution is 2.53. The van der Waals surface area contributed by atoms with E-state index in [1.807, 2.05) is 103 Å². The van der Waals surface area contributed by atoms with Crippen LogP contribution in [-0.4, -0.2) is 0 Å². The van der Waals surface area contributed by atoms with E-state index in [0.717, 1.165) is 51.9 Å². The van der Waals surface area contributed by atoms with E-state index in [2.05, 4.69) is 43.6 Å². The second-order valence-electron chi connectivity index (χ2n) is 8.82. The predicted octanol–water partition coefficient (Wildman–Crippen LogP) is 8.10. The smallest absolute Gasteiger partial charge is 0.174 e. The van der Waals surface area contributed by atoms with Gasteiger partial charge in [-0.05, 0) is 49.6 Å². The number of unbranched alkanes of at least 4 members (excludes halogenated alkanes) is 1. The van der Waals surface area contributed by atoms with Gasteiger partial charge in [0.15, 0.2) is 7.14 Å². The maximum atomic E-state index is 14.9. The molecule has 0 aromatic heterocycles. The maximum Gasteiger partial charge on any atom is 0.174 e. The molecule has 0 N–H and O–H groups in total. The van der Waals surface area contributed by atoms with Crippen LogP contribution in [0.1, 0.15) is 48.4 Å². The summed E-state index contributed by atoms with van der Waals surface area (Å²) in [6.07, 6.45) is 4.66. The molecule has 0 heterocycles. The summed E-state index contributed by atoms with van der Waals surface area (Å²) in [5, 5.41) is 2.54. The van der Waals surface area contributed by atoms with Crippen LogP contribution in [0.25, 0.3) is 6.08 Å². The lowest BCUT2D eigenvalue weighted by molar-refractivity contribution is 0.589. The van der Waals surface area contributed by atoms with Gasteiger partial charge in [-0.3, -0.25) is 0 Å². The molecule has 0 saturated carbocycles. The van der Waals surface area contributed by atoms with Crippen molar-refractivity contribution < 1.29 is 4.57 Å². The van der Waals surface area contributed by atoms with Crippen LogP contribution in [0.3, 0.4) is 0 Å². The average molecular weight is 487 g/mol. The van der Waals surface area contributed by atoms with Gasteiger partial charge in [-0.15, -0.1) is 5.73 Å². The quantitative estimate of drug-likeness (QED) is 0.147. The first-order valence-corrected chi connectivity index (χ1v) is 14.2. The first-order valence-electron chi connectivity index (χ1n) is 12.5. The van der Waals surface area contributed by atoms with E-state index in [-0.39, 0.29) is 0 Å². The van der Waals surface area contributed by atoms with E-state index in [9.17, 15) is 4.57 Å². The minimum atomic E-state index is -3.05. The molecule has 0 aliphatic heterocycles. The van der Waals surface area contributed by atoms with Crippen molar-refractivity contribution in [3.05, 3.63) is 142 Å². The summed E-state index contributed by atoms with van der Waals surface area (Å²) in [6, 6.07) is 36.0. The second-order valence-corrected chi connectivity index (χ2v) is 11.6. The van der Waals surface area contributed by atoms with Gasteiger partial charge in [0.2, 0.25) is 0 Å². The molecule has 0 unspecified atom stereocenters. The van der Waals surface area contributed by atoms with E-state index < -0.39 is 7.14 Å². The van der Waals surface area contributed by atoms with Gasteiger partial charge in [0.25, 0.3) is 0 Å². The van der Waals surface area contributed by atoms with Crippen molar-refractivity contribution in [2.75, 3.05) is 0 Å². The largest absolute Gasteiger partial charge is 0.308 e. The van der Waals surface area contributed by atoms with E-state index in [1.54, 1.807) is 0 Å². The van der Waals surface area contributed by atoms with Gasteiger partial charge in [0, 0.05) is 27.1 Å². The topological polar surface area (TPSA) is 17.1 Å². The Labute approximate surface area is 215 Å². The number of hydrogen-bond donors (Lipinski definition) is 0. The Morgan fingerprint density at radius 2 is 1.33 bits per heavy atom. The van der Waals surface area contributed by atoms with Crippen molar-refractivity contribution in [2.24, 2.45) is 0 Å². The summed E-state index contributed by atoms with van der Waals surface area (Å²) in [6.45, 7) is 4.23. The van der Waals surface area contributed by atoms with Crippen LogP contribution < -0.4 is 10.6 Å². The molecular weight excluding hydrogens is 455 g/mol. The molecule has 0 atom stereocenters. The van der Waals surface area contributed by atoms with Crippen molar-refractivity contribution in [3.8, 4) is 11.8 Å². The summed E-state index contributed by atoms with van der Waals surface area (Å²) in [7, 11) is -3.05. The molecule has 0 aliphatic rings. The van der Waals surface area contributed by atoms with Gasteiger partial charge < -0.3 is 4.57 Å². The summed E-state index contributed by atoms with van der Waals surface area (Å²) in [5.74, 6) is 6.59. The molecule has 0 amide bonds. The zero-order chi connectivity index (χ0) is 25.2. The van der Waals surface area contributed by atoms with Crippen molar-refractivity contribution >= 4 is 23.8 Å². The van der Waals surface area contributed by atoms with Crippen molar-refractivity contribution in [3.63, 3.8) is 0 Å². The number of rotatable bonds is 7. The Hall–Kier alpha value is -3.81. The molecule has 0 fully saturated rings. The minimum Gasteiger partial charge on any atom is -0.308 e. The third-order valence-electron chi connectivity index (χ3n) is 6.13. The highest BCUT2D eigenvalue weighted by molar-refractivity contribution is 7.82. The summed E-state index contributed by atoms with van der Waals surface area (Å²) < 4.78 is 14.9. The molecule has 0 bridgehead atoms. The molecule has 0 spiro atoms. The minimum absolute atomic E-state index is 0.727. The molecule has 0 saturated heterocycles. The number of aryl methyl sites for hydroxylation is 1. The van der Waals surface area contributed by atoms with Crippen molar-refractivity contribution in [1.82, 2.24) is 0 Å². The summed E-state index contributed by atoms with van der Waals surface area (Å²) >= 11 is 0. The Morgan fingerprint density at radius 1 is 0.750 bits per heavy atom. The third kappa shape index (κ3) is 6.05. The summed E-state index contributed by atoms with van der Waals surface area (Å²) in [5.41, 5.74) is 7.61. The van der Waals surface area contributed by atoms with Gasteiger partial charge in [0.1, 0.15) is 0 Å². The molecular formula is C34H31OP. The fourth-order valence-corrected chi connectivity index (χ4v) is 6.90. The zero-order valence-corrected chi connectivity index (χ0v) is 21.8. The van der Waals surface area contributed by atoms with Gasteiger partial charge >= 0.3 is 0 Å². The van der Waals surface area contributed by atoms with Crippen LogP contribution in [0, 0.1) is 18.8 Å². The van der Waals surface area contributed by atoms with Crippen LogP contribution >= 0.6 is 7.14 Å². The van der Waals surface area contributed by atoms with Gasteiger partial charge in [0.05, 0.1) is 0 Å². The van der Waals surface area contributed by atoms with Gasteiger partial charge in [-0.2, -0.15) is 0 Å². The molecule has 178 valence electrons. The fourth-order valence-electron chi connectivity index (χ4n) is 4.08. The first-order chi connectivity index (χ1) is 17.6. The van der Waals surface area contributed by atoms with Crippen LogP contribution in [0.5, 0.6) is 0 Å². The van der Waals surface area contributed by atoms with Crippen LogP contribution in [0.2, 0.25) is 0 Å². The molecule has 2 heteroatoms. The molecule has 4 aromatic rings. The lowest BCUT2D eigenvalue weighted by Gasteiger charge is -2.21. The highest BCUT2D eigenvalue weighted by Gasteiger charge is 2.31.